The first-order chi connectivity index (χ1) is 20.6. The van der Waals surface area contributed by atoms with Crippen molar-refractivity contribution >= 4 is 35.7 Å². The molecule has 0 atom stereocenters. The molecule has 0 saturated heterocycles. The van der Waals surface area contributed by atoms with E-state index in [1.165, 1.54) is 33.6 Å². The normalized spacial score (nSPS) is 10.9. The average molecular weight is 815 g/mol. The van der Waals surface area contributed by atoms with Crippen LogP contribution in [0.5, 0.6) is 0 Å². The van der Waals surface area contributed by atoms with Gasteiger partial charge in [0.15, 0.2) is 24.8 Å². The van der Waals surface area contributed by atoms with Crippen LogP contribution in [0, 0.1) is 0 Å². The van der Waals surface area contributed by atoms with Crippen LogP contribution in [0.25, 0.3) is 24.3 Å². The fourth-order valence-electron chi connectivity index (χ4n) is 5.20. The van der Waals surface area contributed by atoms with Gasteiger partial charge in [-0.15, -0.1) is 0 Å². The van der Waals surface area contributed by atoms with Crippen molar-refractivity contribution in [1.29, 1.82) is 0 Å². The predicted octanol–water partition coefficient (Wildman–Crippen LogP) is 1.78. The number of benzene rings is 2. The molecule has 2 heterocycles. The van der Waals surface area contributed by atoms with E-state index in [2.05, 4.69) is 169 Å². The molecular formula is C38H48I2N4. The minimum absolute atomic E-state index is 0. The lowest BCUT2D eigenvalue weighted by molar-refractivity contribution is -0.708. The van der Waals surface area contributed by atoms with Gasteiger partial charge in [0.1, 0.15) is 13.1 Å². The van der Waals surface area contributed by atoms with E-state index < -0.39 is 0 Å². The van der Waals surface area contributed by atoms with Gasteiger partial charge in [0.25, 0.3) is 0 Å². The van der Waals surface area contributed by atoms with Gasteiger partial charge in [-0.05, 0) is 74.2 Å². The molecule has 0 amide bonds. The van der Waals surface area contributed by atoms with E-state index in [1.54, 1.807) is 0 Å². The zero-order chi connectivity index (χ0) is 29.6. The minimum Gasteiger partial charge on any atom is -1.00 e. The third kappa shape index (κ3) is 11.7. The van der Waals surface area contributed by atoms with Gasteiger partial charge in [0.2, 0.25) is 0 Å². The molecular weight excluding hydrogens is 766 g/mol. The van der Waals surface area contributed by atoms with Crippen LogP contribution in [0.3, 0.4) is 0 Å². The molecule has 0 aliphatic heterocycles. The quantitative estimate of drug-likeness (QED) is 0.103. The summed E-state index contributed by atoms with van der Waals surface area (Å²) in [5, 5.41) is 0. The molecule has 2 aromatic heterocycles. The standard InChI is InChI=1S/C38H48N4.2HI/c1-5-41(6-2)37-19-15-33(16-20-37)11-13-35-23-29-39(30-24-35)27-9-10-28-40-31-25-36(26-32-40)14-12-34-17-21-38(22-18-34)42(7-3)8-4;;/h11-26,29-32H,5-10,27-28H2,1-4H3;2*1H/q+2;;/p-2. The summed E-state index contributed by atoms with van der Waals surface area (Å²) in [6, 6.07) is 26.4. The third-order valence-corrected chi connectivity index (χ3v) is 7.90. The number of halogens is 2. The number of nitrogens with zero attached hydrogens (tertiary/aromatic N) is 4. The van der Waals surface area contributed by atoms with Gasteiger partial charge >= 0.3 is 0 Å². The van der Waals surface area contributed by atoms with Crippen molar-refractivity contribution in [1.82, 2.24) is 0 Å². The molecule has 0 radical (unpaired) electrons. The highest BCUT2D eigenvalue weighted by Crippen LogP contribution is 2.18. The Morgan fingerprint density at radius 1 is 0.432 bits per heavy atom. The fraction of sp³-hybridized carbons (Fsp3) is 0.316. The first kappa shape index (κ1) is 37.5. The second-order valence-electron chi connectivity index (χ2n) is 10.6. The molecule has 0 saturated carbocycles. The zero-order valence-electron chi connectivity index (χ0n) is 26.7. The predicted molar refractivity (Wildman–Crippen MR) is 180 cm³/mol. The van der Waals surface area contributed by atoms with Gasteiger partial charge < -0.3 is 57.8 Å². The van der Waals surface area contributed by atoms with Crippen molar-refractivity contribution in [3.8, 4) is 0 Å². The topological polar surface area (TPSA) is 14.2 Å². The van der Waals surface area contributed by atoms with E-state index in [4.69, 9.17) is 0 Å². The molecule has 0 bridgehead atoms. The summed E-state index contributed by atoms with van der Waals surface area (Å²) in [5.74, 6) is 0. The number of aryl methyl sites for hydroxylation is 2. The van der Waals surface area contributed by atoms with E-state index in [-0.39, 0.29) is 48.0 Å². The average Bonchev–Trinajstić information content (AvgIpc) is 3.04. The van der Waals surface area contributed by atoms with Crippen molar-refractivity contribution < 1.29 is 57.1 Å². The van der Waals surface area contributed by atoms with Crippen molar-refractivity contribution in [2.75, 3.05) is 36.0 Å². The van der Waals surface area contributed by atoms with Crippen molar-refractivity contribution in [2.45, 2.75) is 53.6 Å². The van der Waals surface area contributed by atoms with Crippen molar-refractivity contribution in [2.24, 2.45) is 0 Å². The molecule has 4 aromatic rings. The summed E-state index contributed by atoms with van der Waals surface area (Å²) in [7, 11) is 0. The van der Waals surface area contributed by atoms with E-state index in [0.717, 1.165) is 52.1 Å². The highest BCUT2D eigenvalue weighted by molar-refractivity contribution is 5.71. The lowest BCUT2D eigenvalue weighted by atomic mass is 10.1. The minimum atomic E-state index is 0. The summed E-state index contributed by atoms with van der Waals surface area (Å²) in [4.78, 5) is 4.73. The van der Waals surface area contributed by atoms with Gasteiger partial charge in [0.05, 0.1) is 0 Å². The highest BCUT2D eigenvalue weighted by atomic mass is 127. The smallest absolute Gasteiger partial charge is 0.169 e. The van der Waals surface area contributed by atoms with E-state index in [1.807, 2.05) is 0 Å². The lowest BCUT2D eigenvalue weighted by Gasteiger charge is -2.20. The Hall–Kier alpha value is -2.72. The van der Waals surface area contributed by atoms with Crippen LogP contribution in [0.15, 0.2) is 97.6 Å². The van der Waals surface area contributed by atoms with Gasteiger partial charge in [-0.1, -0.05) is 48.6 Å². The maximum atomic E-state index is 2.37. The van der Waals surface area contributed by atoms with Crippen LogP contribution in [0.4, 0.5) is 11.4 Å². The van der Waals surface area contributed by atoms with Gasteiger partial charge in [0, 0.05) is 74.7 Å². The molecule has 0 spiro atoms. The largest absolute Gasteiger partial charge is 1.00 e. The SMILES string of the molecule is CCN(CC)c1ccc(/C=C/c2cc[n+](CCCC[n+]3ccc(/C=C/c4ccc(N(CC)CC)cc4)cc3)cc2)cc1.[I-].[I-]. The molecule has 0 aliphatic carbocycles. The van der Waals surface area contributed by atoms with Gasteiger partial charge in [-0.3, -0.25) is 0 Å². The molecule has 4 rings (SSSR count). The summed E-state index contributed by atoms with van der Waals surface area (Å²) >= 11 is 0. The summed E-state index contributed by atoms with van der Waals surface area (Å²) in [5.41, 5.74) is 7.47. The Morgan fingerprint density at radius 3 is 0.977 bits per heavy atom. The van der Waals surface area contributed by atoms with Crippen molar-refractivity contribution in [3.63, 3.8) is 0 Å². The number of unbranched alkanes of at least 4 members (excludes halogenated alkanes) is 1. The first-order valence-electron chi connectivity index (χ1n) is 15.7. The second kappa shape index (κ2) is 20.3. The molecule has 4 nitrogen and oxygen atoms in total. The van der Waals surface area contributed by atoms with E-state index in [0.29, 0.717) is 0 Å². The zero-order valence-corrected chi connectivity index (χ0v) is 31.1. The Bertz CT molecular complexity index is 1280. The van der Waals surface area contributed by atoms with Crippen LogP contribution < -0.4 is 66.9 Å². The second-order valence-corrected chi connectivity index (χ2v) is 10.6. The summed E-state index contributed by atoms with van der Waals surface area (Å²) in [6.45, 7) is 15.0. The molecule has 0 N–H and O–H groups in total. The number of hydrogen-bond acceptors (Lipinski definition) is 2. The molecule has 44 heavy (non-hydrogen) atoms. The van der Waals surface area contributed by atoms with E-state index in [9.17, 15) is 0 Å². The molecule has 0 fully saturated rings. The Labute approximate surface area is 300 Å². The van der Waals surface area contributed by atoms with Crippen LogP contribution in [0.1, 0.15) is 62.8 Å². The van der Waals surface area contributed by atoms with Crippen LogP contribution in [-0.4, -0.2) is 26.2 Å². The molecule has 0 aliphatic rings. The maximum absolute atomic E-state index is 2.37. The highest BCUT2D eigenvalue weighted by Gasteiger charge is 2.05. The molecule has 2 aromatic carbocycles. The number of rotatable bonds is 15. The summed E-state index contributed by atoms with van der Waals surface area (Å²) in [6.07, 6.45) is 19.8. The Balaban J connectivity index is 0.00000337. The third-order valence-electron chi connectivity index (χ3n) is 7.90. The van der Waals surface area contributed by atoms with E-state index >= 15 is 0 Å². The number of pyridine rings is 2. The fourth-order valence-corrected chi connectivity index (χ4v) is 5.20. The molecule has 6 heteroatoms. The Kier molecular flexibility index (Phi) is 17.3. The van der Waals surface area contributed by atoms with Crippen LogP contribution in [-0.2, 0) is 13.1 Å². The monoisotopic (exact) mass is 814 g/mol. The molecule has 234 valence electrons. The Morgan fingerprint density at radius 2 is 0.705 bits per heavy atom. The number of aromatic nitrogens is 2. The maximum Gasteiger partial charge on any atom is 0.169 e. The molecule has 0 unspecified atom stereocenters. The first-order valence-corrected chi connectivity index (χ1v) is 15.7. The van der Waals surface area contributed by atoms with Crippen LogP contribution >= 0.6 is 0 Å². The van der Waals surface area contributed by atoms with Gasteiger partial charge in [-0.25, -0.2) is 9.13 Å². The number of anilines is 2. The van der Waals surface area contributed by atoms with Crippen LogP contribution in [0.2, 0.25) is 0 Å². The lowest BCUT2D eigenvalue weighted by Crippen LogP contribution is -3.00. The van der Waals surface area contributed by atoms with Gasteiger partial charge in [-0.2, -0.15) is 0 Å². The number of hydrogen-bond donors (Lipinski definition) is 0. The van der Waals surface area contributed by atoms with Crippen molar-refractivity contribution in [3.05, 3.63) is 120 Å². The summed E-state index contributed by atoms with van der Waals surface area (Å²) < 4.78 is 4.56.